The van der Waals surface area contributed by atoms with Crippen molar-refractivity contribution in [1.82, 2.24) is 19.9 Å². The Balaban J connectivity index is 1.79. The molecule has 0 spiro atoms. The van der Waals surface area contributed by atoms with Gasteiger partial charge in [-0.2, -0.15) is 0 Å². The molecule has 2 aromatic heterocycles. The van der Waals surface area contributed by atoms with Crippen LogP contribution in [0.3, 0.4) is 0 Å². The molecule has 0 bridgehead atoms. The van der Waals surface area contributed by atoms with Gasteiger partial charge in [-0.15, -0.1) is 0 Å². The quantitative estimate of drug-likeness (QED) is 0.903. The van der Waals surface area contributed by atoms with Gasteiger partial charge in [0.05, 0.1) is 18.6 Å². The van der Waals surface area contributed by atoms with E-state index in [-0.39, 0.29) is 17.0 Å². The summed E-state index contributed by atoms with van der Waals surface area (Å²) >= 11 is 0. The van der Waals surface area contributed by atoms with Gasteiger partial charge in [-0.3, -0.25) is 9.59 Å². The number of carbonyl (C=O) groups is 1. The number of rotatable bonds is 4. The van der Waals surface area contributed by atoms with Gasteiger partial charge in [0.25, 0.3) is 11.5 Å². The maximum Gasteiger partial charge on any atom is 0.261 e. The maximum atomic E-state index is 12.4. The van der Waals surface area contributed by atoms with Gasteiger partial charge in [-0.05, 0) is 44.7 Å². The summed E-state index contributed by atoms with van der Waals surface area (Å²) in [5.74, 6) is -0.342. The Kier molecular flexibility index (Phi) is 3.60. The molecule has 3 rings (SSSR count). The van der Waals surface area contributed by atoms with Crippen molar-refractivity contribution >= 4 is 5.91 Å². The number of H-pyrrole nitrogens is 1. The molecule has 1 aliphatic rings. The van der Waals surface area contributed by atoms with Crippen molar-refractivity contribution < 1.29 is 4.79 Å². The molecule has 6 heteroatoms. The second-order valence-electron chi connectivity index (χ2n) is 5.91. The smallest absolute Gasteiger partial charge is 0.261 e. The molecule has 22 heavy (non-hydrogen) atoms. The Morgan fingerprint density at radius 3 is 2.77 bits per heavy atom. The maximum absolute atomic E-state index is 12.4. The molecule has 1 amide bonds. The third kappa shape index (κ3) is 2.56. The highest BCUT2D eigenvalue weighted by Gasteiger charge is 2.25. The molecule has 0 unspecified atom stereocenters. The first-order valence-electron chi connectivity index (χ1n) is 7.48. The van der Waals surface area contributed by atoms with Crippen LogP contribution < -0.4 is 10.9 Å². The average Bonchev–Trinajstić information content (AvgIpc) is 3.21. The first-order chi connectivity index (χ1) is 10.5. The van der Waals surface area contributed by atoms with E-state index in [9.17, 15) is 9.59 Å². The van der Waals surface area contributed by atoms with Crippen LogP contribution in [0.2, 0.25) is 0 Å². The van der Waals surface area contributed by atoms with Gasteiger partial charge in [-0.1, -0.05) is 0 Å². The Labute approximate surface area is 128 Å². The van der Waals surface area contributed by atoms with Crippen molar-refractivity contribution in [3.05, 3.63) is 51.0 Å². The van der Waals surface area contributed by atoms with E-state index in [1.165, 1.54) is 0 Å². The number of imidazole rings is 1. The summed E-state index contributed by atoms with van der Waals surface area (Å²) in [7, 11) is 0. The van der Waals surface area contributed by atoms with Crippen molar-refractivity contribution in [3.63, 3.8) is 0 Å². The van der Waals surface area contributed by atoms with E-state index in [1.54, 1.807) is 19.4 Å². The Morgan fingerprint density at radius 1 is 1.36 bits per heavy atom. The zero-order chi connectivity index (χ0) is 15.9. The van der Waals surface area contributed by atoms with E-state index >= 15 is 0 Å². The minimum absolute atomic E-state index is 0.195. The lowest BCUT2D eigenvalue weighted by atomic mass is 10.0. The van der Waals surface area contributed by atoms with Crippen LogP contribution in [-0.4, -0.2) is 20.4 Å². The van der Waals surface area contributed by atoms with Crippen LogP contribution in [0, 0.1) is 20.8 Å². The highest BCUT2D eigenvalue weighted by molar-refractivity contribution is 5.95. The molecule has 0 radical (unpaired) electrons. The number of amides is 1. The molecule has 6 nitrogen and oxygen atoms in total. The van der Waals surface area contributed by atoms with Gasteiger partial charge < -0.3 is 14.9 Å². The zero-order valence-corrected chi connectivity index (χ0v) is 13.1. The SMILES string of the molecule is Cc1[nH]c(=O)c(C(=O)NCc2cncn2C2CC2)c(C)c1C. The van der Waals surface area contributed by atoms with E-state index in [2.05, 4.69) is 19.9 Å². The third-order valence-corrected chi connectivity index (χ3v) is 4.37. The number of aromatic amines is 1. The van der Waals surface area contributed by atoms with E-state index in [0.29, 0.717) is 12.6 Å². The fraction of sp³-hybridized carbons (Fsp3) is 0.438. The molecule has 0 aliphatic heterocycles. The van der Waals surface area contributed by atoms with Gasteiger partial charge in [0.2, 0.25) is 0 Å². The van der Waals surface area contributed by atoms with Crippen molar-refractivity contribution in [3.8, 4) is 0 Å². The number of nitrogens with zero attached hydrogens (tertiary/aromatic N) is 2. The third-order valence-electron chi connectivity index (χ3n) is 4.37. The van der Waals surface area contributed by atoms with Gasteiger partial charge >= 0.3 is 0 Å². The molecule has 0 saturated heterocycles. The molecule has 2 N–H and O–H groups in total. The largest absolute Gasteiger partial charge is 0.346 e. The molecule has 116 valence electrons. The van der Waals surface area contributed by atoms with Gasteiger partial charge in [-0.25, -0.2) is 4.98 Å². The van der Waals surface area contributed by atoms with E-state index < -0.39 is 0 Å². The summed E-state index contributed by atoms with van der Waals surface area (Å²) in [6.45, 7) is 5.92. The number of aromatic nitrogens is 3. The fourth-order valence-corrected chi connectivity index (χ4v) is 2.65. The molecule has 1 fully saturated rings. The minimum Gasteiger partial charge on any atom is -0.346 e. The van der Waals surface area contributed by atoms with E-state index in [0.717, 1.165) is 35.4 Å². The number of nitrogens with one attached hydrogen (secondary N) is 2. The van der Waals surface area contributed by atoms with Gasteiger partial charge in [0, 0.05) is 17.9 Å². The number of hydrogen-bond donors (Lipinski definition) is 2. The Hall–Kier alpha value is -2.37. The number of pyridine rings is 1. The topological polar surface area (TPSA) is 79.8 Å². The summed E-state index contributed by atoms with van der Waals surface area (Å²) in [6, 6.07) is 0.515. The summed E-state index contributed by atoms with van der Waals surface area (Å²) in [4.78, 5) is 31.3. The van der Waals surface area contributed by atoms with Crippen LogP contribution in [0.25, 0.3) is 0 Å². The molecular formula is C16H20N4O2. The van der Waals surface area contributed by atoms with Crippen LogP contribution in [0.15, 0.2) is 17.3 Å². The fourth-order valence-electron chi connectivity index (χ4n) is 2.65. The Morgan fingerprint density at radius 2 is 2.09 bits per heavy atom. The second kappa shape index (κ2) is 5.44. The molecule has 1 saturated carbocycles. The standard InChI is InChI=1S/C16H20N4O2/c1-9-10(2)14(16(22)19-11(9)3)15(21)18-7-13-6-17-8-20(13)12-4-5-12/h6,8,12H,4-5,7H2,1-3H3,(H,18,21)(H,19,22). The molecular weight excluding hydrogens is 280 g/mol. The molecule has 1 aliphatic carbocycles. The first-order valence-corrected chi connectivity index (χ1v) is 7.48. The van der Waals surface area contributed by atoms with Crippen molar-refractivity contribution in [2.45, 2.75) is 46.2 Å². The average molecular weight is 300 g/mol. The predicted octanol–water partition coefficient (Wildman–Crippen LogP) is 1.76. The van der Waals surface area contributed by atoms with Crippen LogP contribution in [0.1, 0.15) is 51.8 Å². The van der Waals surface area contributed by atoms with Crippen LogP contribution >= 0.6 is 0 Å². The first kappa shape index (κ1) is 14.6. The number of aryl methyl sites for hydroxylation is 1. The number of carbonyl (C=O) groups excluding carboxylic acids is 1. The van der Waals surface area contributed by atoms with Crippen molar-refractivity contribution in [2.75, 3.05) is 0 Å². The summed E-state index contributed by atoms with van der Waals surface area (Å²) in [5.41, 5.74) is 3.29. The Bertz CT molecular complexity index is 784. The van der Waals surface area contributed by atoms with Gasteiger partial charge in [0.15, 0.2) is 0 Å². The second-order valence-corrected chi connectivity index (χ2v) is 5.91. The molecule has 0 atom stereocenters. The lowest BCUT2D eigenvalue weighted by molar-refractivity contribution is 0.0947. The van der Waals surface area contributed by atoms with Crippen molar-refractivity contribution in [1.29, 1.82) is 0 Å². The van der Waals surface area contributed by atoms with E-state index in [4.69, 9.17) is 0 Å². The lowest BCUT2D eigenvalue weighted by Crippen LogP contribution is -2.31. The predicted molar refractivity (Wildman–Crippen MR) is 82.9 cm³/mol. The van der Waals surface area contributed by atoms with E-state index in [1.807, 2.05) is 13.8 Å². The minimum atomic E-state index is -0.342. The monoisotopic (exact) mass is 300 g/mol. The van der Waals surface area contributed by atoms with Crippen LogP contribution in [0.5, 0.6) is 0 Å². The van der Waals surface area contributed by atoms with Crippen molar-refractivity contribution in [2.24, 2.45) is 0 Å². The highest BCUT2D eigenvalue weighted by atomic mass is 16.2. The number of hydrogen-bond acceptors (Lipinski definition) is 3. The lowest BCUT2D eigenvalue weighted by Gasteiger charge is -2.11. The van der Waals surface area contributed by atoms with Crippen LogP contribution in [-0.2, 0) is 6.54 Å². The molecule has 2 heterocycles. The zero-order valence-electron chi connectivity index (χ0n) is 13.1. The van der Waals surface area contributed by atoms with Gasteiger partial charge in [0.1, 0.15) is 5.56 Å². The summed E-state index contributed by atoms with van der Waals surface area (Å²) in [5, 5.41) is 2.83. The summed E-state index contributed by atoms with van der Waals surface area (Å²) < 4.78 is 2.10. The highest BCUT2D eigenvalue weighted by Crippen LogP contribution is 2.35. The van der Waals surface area contributed by atoms with Crippen LogP contribution in [0.4, 0.5) is 0 Å². The molecule has 2 aromatic rings. The normalized spacial score (nSPS) is 14.1. The summed E-state index contributed by atoms with van der Waals surface area (Å²) in [6.07, 6.45) is 5.88. The molecule has 0 aromatic carbocycles.